The quantitative estimate of drug-likeness (QED) is 0.385. The number of thiophene rings is 1. The maximum absolute atomic E-state index is 12.7. The number of nitrogens with one attached hydrogen (secondary N) is 3. The molecule has 0 saturated heterocycles. The second-order valence-electron chi connectivity index (χ2n) is 8.49. The van der Waals surface area contributed by atoms with Crippen molar-refractivity contribution in [1.82, 2.24) is 9.97 Å². The highest BCUT2D eigenvalue weighted by Crippen LogP contribution is 2.30. The van der Waals surface area contributed by atoms with Gasteiger partial charge in [-0.3, -0.25) is 9.59 Å². The summed E-state index contributed by atoms with van der Waals surface area (Å²) < 4.78 is 0. The number of H-pyrrole nitrogens is 1. The van der Waals surface area contributed by atoms with Crippen molar-refractivity contribution in [2.24, 2.45) is 0 Å². The third-order valence-electron chi connectivity index (χ3n) is 4.97. The Morgan fingerprint density at radius 2 is 1.81 bits per heavy atom. The first-order valence-corrected chi connectivity index (χ1v) is 10.8. The van der Waals surface area contributed by atoms with Crippen LogP contribution in [0.15, 0.2) is 54.9 Å². The van der Waals surface area contributed by atoms with E-state index in [1.54, 1.807) is 24.5 Å². The minimum atomic E-state index is -0.254. The smallest absolute Gasteiger partial charge is 0.265 e. The molecule has 6 nitrogen and oxygen atoms in total. The lowest BCUT2D eigenvalue weighted by atomic mass is 9.95. The minimum Gasteiger partial charge on any atom is -0.346 e. The Balaban J connectivity index is 1.50. The fourth-order valence-corrected chi connectivity index (χ4v) is 4.11. The van der Waals surface area contributed by atoms with Gasteiger partial charge in [-0.15, -0.1) is 11.3 Å². The second kappa shape index (κ2) is 8.00. The zero-order chi connectivity index (χ0) is 22.2. The number of rotatable bonds is 4. The molecule has 7 heteroatoms. The Bertz CT molecular complexity index is 1280. The Labute approximate surface area is 184 Å². The fourth-order valence-electron chi connectivity index (χ4n) is 3.15. The molecule has 0 unspecified atom stereocenters. The number of nitrogens with zero attached hydrogens (tertiary/aromatic N) is 1. The van der Waals surface area contributed by atoms with Gasteiger partial charge in [0.2, 0.25) is 0 Å². The van der Waals surface area contributed by atoms with Gasteiger partial charge >= 0.3 is 0 Å². The predicted molar refractivity (Wildman–Crippen MR) is 126 cm³/mol. The normalized spacial score (nSPS) is 11.5. The molecule has 31 heavy (non-hydrogen) atoms. The number of benzene rings is 1. The summed E-state index contributed by atoms with van der Waals surface area (Å²) in [6, 6.07) is 13.0. The summed E-state index contributed by atoms with van der Waals surface area (Å²) in [6.07, 6.45) is 3.33. The summed E-state index contributed by atoms with van der Waals surface area (Å²) >= 11 is 1.49. The van der Waals surface area contributed by atoms with Gasteiger partial charge in [0.1, 0.15) is 5.65 Å². The van der Waals surface area contributed by atoms with Crippen LogP contribution in [-0.4, -0.2) is 21.8 Å². The summed E-state index contributed by atoms with van der Waals surface area (Å²) in [5.41, 5.74) is 3.36. The molecule has 2 amide bonds. The summed E-state index contributed by atoms with van der Waals surface area (Å²) in [5.74, 6) is -0.418. The molecule has 4 aromatic rings. The molecule has 3 heterocycles. The molecule has 3 aromatic heterocycles. The average Bonchev–Trinajstić information content (AvgIpc) is 3.39. The van der Waals surface area contributed by atoms with Crippen LogP contribution in [-0.2, 0) is 5.41 Å². The van der Waals surface area contributed by atoms with Crippen LogP contribution in [0.1, 0.15) is 51.2 Å². The molecule has 0 spiro atoms. The highest BCUT2D eigenvalue weighted by Gasteiger charge is 2.19. The van der Waals surface area contributed by atoms with E-state index in [1.165, 1.54) is 11.3 Å². The number of carbonyl (C=O) groups is 2. The summed E-state index contributed by atoms with van der Waals surface area (Å²) in [5, 5.41) is 6.72. The van der Waals surface area contributed by atoms with E-state index in [9.17, 15) is 9.59 Å². The van der Waals surface area contributed by atoms with Gasteiger partial charge in [-0.2, -0.15) is 0 Å². The fraction of sp³-hybridized carbons (Fsp3) is 0.208. The van der Waals surface area contributed by atoms with Gasteiger partial charge in [-0.1, -0.05) is 26.8 Å². The number of hydrogen-bond acceptors (Lipinski definition) is 4. The van der Waals surface area contributed by atoms with E-state index in [4.69, 9.17) is 0 Å². The first-order valence-electron chi connectivity index (χ1n) is 9.97. The van der Waals surface area contributed by atoms with Crippen molar-refractivity contribution in [3.05, 3.63) is 75.7 Å². The number of aromatic amines is 1. The van der Waals surface area contributed by atoms with E-state index in [-0.39, 0.29) is 17.2 Å². The third-order valence-corrected chi connectivity index (χ3v) is 6.48. The molecule has 0 saturated carbocycles. The molecule has 0 radical (unpaired) electrons. The first-order chi connectivity index (χ1) is 14.7. The molecule has 0 atom stereocenters. The summed E-state index contributed by atoms with van der Waals surface area (Å²) in [7, 11) is 0. The van der Waals surface area contributed by atoms with Crippen LogP contribution in [0.5, 0.6) is 0 Å². The van der Waals surface area contributed by atoms with Crippen LogP contribution < -0.4 is 10.6 Å². The topological polar surface area (TPSA) is 86.9 Å². The van der Waals surface area contributed by atoms with Crippen LogP contribution in [0.4, 0.5) is 11.4 Å². The molecule has 3 N–H and O–H groups in total. The van der Waals surface area contributed by atoms with Gasteiger partial charge in [0.25, 0.3) is 11.8 Å². The van der Waals surface area contributed by atoms with Crippen molar-refractivity contribution in [3.8, 4) is 0 Å². The molecule has 0 aliphatic rings. The second-order valence-corrected chi connectivity index (χ2v) is 9.58. The zero-order valence-electron chi connectivity index (χ0n) is 17.9. The van der Waals surface area contributed by atoms with Crippen molar-refractivity contribution < 1.29 is 9.59 Å². The Kier molecular flexibility index (Phi) is 5.37. The lowest BCUT2D eigenvalue weighted by Crippen LogP contribution is -2.14. The average molecular weight is 433 g/mol. The number of anilines is 2. The molecular weight excluding hydrogens is 408 g/mol. The highest BCUT2D eigenvalue weighted by atomic mass is 32.1. The minimum absolute atomic E-state index is 0.00275. The molecule has 0 fully saturated rings. The first kappa shape index (κ1) is 20.8. The molecule has 0 bridgehead atoms. The number of carbonyl (C=O) groups excluding carboxylic acids is 2. The van der Waals surface area contributed by atoms with Crippen LogP contribution in [0.2, 0.25) is 0 Å². The molecule has 0 aliphatic heterocycles. The Hall–Kier alpha value is -3.45. The van der Waals surface area contributed by atoms with Crippen LogP contribution in [0.3, 0.4) is 0 Å². The van der Waals surface area contributed by atoms with Crippen LogP contribution in [0.25, 0.3) is 11.0 Å². The van der Waals surface area contributed by atoms with Gasteiger partial charge in [0.05, 0.1) is 10.4 Å². The number of aromatic nitrogens is 2. The monoisotopic (exact) mass is 432 g/mol. The zero-order valence-corrected chi connectivity index (χ0v) is 18.7. The SMILES string of the molecule is Cc1ccc(NC(=O)c2ccc(C(C)(C)C)s2)cc1NC(=O)c1cnc2[nH]ccc2c1. The van der Waals surface area contributed by atoms with E-state index in [1.807, 2.05) is 37.3 Å². The lowest BCUT2D eigenvalue weighted by molar-refractivity contribution is 0.102. The van der Waals surface area contributed by atoms with Crippen molar-refractivity contribution >= 4 is 45.6 Å². The van der Waals surface area contributed by atoms with Crippen molar-refractivity contribution in [3.63, 3.8) is 0 Å². The number of amides is 2. The maximum atomic E-state index is 12.7. The molecule has 4 rings (SSSR count). The Morgan fingerprint density at radius 1 is 1.00 bits per heavy atom. The van der Waals surface area contributed by atoms with Crippen molar-refractivity contribution in [2.45, 2.75) is 33.1 Å². The van der Waals surface area contributed by atoms with Gasteiger partial charge in [0.15, 0.2) is 0 Å². The summed E-state index contributed by atoms with van der Waals surface area (Å²) in [4.78, 5) is 34.5. The Morgan fingerprint density at radius 3 is 2.55 bits per heavy atom. The van der Waals surface area contributed by atoms with E-state index in [2.05, 4.69) is 41.4 Å². The largest absolute Gasteiger partial charge is 0.346 e. The van der Waals surface area contributed by atoms with Crippen LogP contribution >= 0.6 is 11.3 Å². The number of aryl methyl sites for hydroxylation is 1. The maximum Gasteiger partial charge on any atom is 0.265 e. The molecule has 1 aromatic carbocycles. The summed E-state index contributed by atoms with van der Waals surface area (Å²) in [6.45, 7) is 8.28. The van der Waals surface area contributed by atoms with Crippen LogP contribution in [0, 0.1) is 6.92 Å². The third kappa shape index (κ3) is 4.51. The van der Waals surface area contributed by atoms with Gasteiger partial charge in [0, 0.05) is 34.0 Å². The van der Waals surface area contributed by atoms with Gasteiger partial charge in [-0.05, 0) is 54.3 Å². The predicted octanol–water partition coefficient (Wildman–Crippen LogP) is 5.73. The van der Waals surface area contributed by atoms with E-state index >= 15 is 0 Å². The lowest BCUT2D eigenvalue weighted by Gasteiger charge is -2.15. The van der Waals surface area contributed by atoms with E-state index in [0.29, 0.717) is 21.8 Å². The van der Waals surface area contributed by atoms with Gasteiger partial charge < -0.3 is 15.6 Å². The van der Waals surface area contributed by atoms with Crippen molar-refractivity contribution in [1.29, 1.82) is 0 Å². The van der Waals surface area contributed by atoms with E-state index in [0.717, 1.165) is 21.5 Å². The highest BCUT2D eigenvalue weighted by molar-refractivity contribution is 7.14. The molecule has 158 valence electrons. The molecule has 0 aliphatic carbocycles. The van der Waals surface area contributed by atoms with Gasteiger partial charge in [-0.25, -0.2) is 4.98 Å². The number of hydrogen-bond donors (Lipinski definition) is 3. The number of fused-ring (bicyclic) bond motifs is 1. The van der Waals surface area contributed by atoms with Crippen molar-refractivity contribution in [2.75, 3.05) is 10.6 Å². The molecular formula is C24H24N4O2S. The standard InChI is InChI=1S/C24H24N4O2S/c1-14-5-6-17(27-23(30)19-7-8-20(31-19)24(2,3)4)12-18(14)28-22(29)16-11-15-9-10-25-21(15)26-13-16/h5-13H,1-4H3,(H,25,26)(H,27,30)(H,28,29). The number of pyridine rings is 1. The van der Waals surface area contributed by atoms with E-state index < -0.39 is 0 Å².